The first-order valence-electron chi connectivity index (χ1n) is 6.55. The first-order chi connectivity index (χ1) is 8.89. The standard InChI is InChI=1S/C15H17BrF2O/c1-10-4-2-6-12(14(10)16)13(19)8-11-5-3-7-15(17,18)9-11/h2,4,6,11H,3,5,7-9H2,1H3. The van der Waals surface area contributed by atoms with E-state index in [-0.39, 0.29) is 31.0 Å². The van der Waals surface area contributed by atoms with E-state index in [2.05, 4.69) is 15.9 Å². The molecule has 0 amide bonds. The van der Waals surface area contributed by atoms with E-state index in [4.69, 9.17) is 0 Å². The number of carbonyl (C=O) groups is 1. The number of hydrogen-bond acceptors (Lipinski definition) is 1. The molecule has 4 heteroatoms. The molecule has 1 aliphatic rings. The Morgan fingerprint density at radius 3 is 2.89 bits per heavy atom. The summed E-state index contributed by atoms with van der Waals surface area (Å²) >= 11 is 3.40. The second-order valence-electron chi connectivity index (χ2n) is 5.38. The monoisotopic (exact) mass is 330 g/mol. The van der Waals surface area contributed by atoms with Gasteiger partial charge in [0.1, 0.15) is 0 Å². The van der Waals surface area contributed by atoms with Gasteiger partial charge in [0.25, 0.3) is 0 Å². The Morgan fingerprint density at radius 1 is 1.47 bits per heavy atom. The van der Waals surface area contributed by atoms with Crippen molar-refractivity contribution in [2.75, 3.05) is 0 Å². The summed E-state index contributed by atoms with van der Waals surface area (Å²) in [6.07, 6.45) is 1.27. The van der Waals surface area contributed by atoms with Crippen molar-refractivity contribution < 1.29 is 13.6 Å². The maximum absolute atomic E-state index is 13.3. The zero-order valence-corrected chi connectivity index (χ0v) is 12.5. The van der Waals surface area contributed by atoms with E-state index < -0.39 is 5.92 Å². The lowest BCUT2D eigenvalue weighted by Crippen LogP contribution is -2.27. The maximum atomic E-state index is 13.3. The second kappa shape index (κ2) is 5.70. The van der Waals surface area contributed by atoms with Gasteiger partial charge < -0.3 is 0 Å². The topological polar surface area (TPSA) is 17.1 Å². The molecular weight excluding hydrogens is 314 g/mol. The Labute approximate surface area is 120 Å². The molecular formula is C15H17BrF2O. The first kappa shape index (κ1) is 14.6. The van der Waals surface area contributed by atoms with Crippen LogP contribution in [0.25, 0.3) is 0 Å². The van der Waals surface area contributed by atoms with Crippen molar-refractivity contribution in [2.24, 2.45) is 5.92 Å². The van der Waals surface area contributed by atoms with Crippen molar-refractivity contribution in [1.29, 1.82) is 0 Å². The molecule has 1 aliphatic carbocycles. The van der Waals surface area contributed by atoms with Gasteiger partial charge in [-0.3, -0.25) is 4.79 Å². The fourth-order valence-corrected chi connectivity index (χ4v) is 3.17. The predicted octanol–water partition coefficient (Wildman–Crippen LogP) is 5.16. The third kappa shape index (κ3) is 3.62. The van der Waals surface area contributed by atoms with Gasteiger partial charge >= 0.3 is 0 Å². The molecule has 1 unspecified atom stereocenters. The van der Waals surface area contributed by atoms with Crippen molar-refractivity contribution in [3.05, 3.63) is 33.8 Å². The molecule has 0 aliphatic heterocycles. The van der Waals surface area contributed by atoms with Crippen LogP contribution in [0, 0.1) is 12.8 Å². The largest absolute Gasteiger partial charge is 0.294 e. The maximum Gasteiger partial charge on any atom is 0.248 e. The summed E-state index contributed by atoms with van der Waals surface area (Å²) in [4.78, 5) is 12.2. The molecule has 1 saturated carbocycles. The smallest absolute Gasteiger partial charge is 0.248 e. The highest BCUT2D eigenvalue weighted by Gasteiger charge is 2.37. The van der Waals surface area contributed by atoms with Gasteiger partial charge in [-0.05, 0) is 47.2 Å². The fraction of sp³-hybridized carbons (Fsp3) is 0.533. The van der Waals surface area contributed by atoms with Crippen molar-refractivity contribution in [1.82, 2.24) is 0 Å². The lowest BCUT2D eigenvalue weighted by molar-refractivity contribution is -0.0521. The summed E-state index contributed by atoms with van der Waals surface area (Å²) in [6.45, 7) is 1.91. The Kier molecular flexibility index (Phi) is 4.39. The molecule has 1 nitrogen and oxygen atoms in total. The Bertz CT molecular complexity index is 485. The quantitative estimate of drug-likeness (QED) is 0.700. The van der Waals surface area contributed by atoms with Crippen molar-refractivity contribution >= 4 is 21.7 Å². The summed E-state index contributed by atoms with van der Waals surface area (Å²) in [7, 11) is 0. The fourth-order valence-electron chi connectivity index (χ4n) is 2.68. The number of carbonyl (C=O) groups excluding carboxylic acids is 1. The summed E-state index contributed by atoms with van der Waals surface area (Å²) in [5.74, 6) is -2.82. The molecule has 19 heavy (non-hydrogen) atoms. The van der Waals surface area contributed by atoms with Crippen LogP contribution in [-0.2, 0) is 0 Å². The van der Waals surface area contributed by atoms with Gasteiger partial charge in [-0.1, -0.05) is 18.2 Å². The van der Waals surface area contributed by atoms with Crippen LogP contribution in [0.1, 0.15) is 48.0 Å². The first-order valence-corrected chi connectivity index (χ1v) is 7.34. The normalized spacial score (nSPS) is 22.2. The lowest BCUT2D eigenvalue weighted by atomic mass is 9.82. The van der Waals surface area contributed by atoms with Gasteiger partial charge in [0.15, 0.2) is 5.78 Å². The number of benzene rings is 1. The van der Waals surface area contributed by atoms with Crippen LogP contribution in [0.2, 0.25) is 0 Å². The van der Waals surface area contributed by atoms with Crippen molar-refractivity contribution in [3.8, 4) is 0 Å². The number of halogens is 3. The molecule has 1 aromatic carbocycles. The summed E-state index contributed by atoms with van der Waals surface area (Å²) in [6, 6.07) is 5.48. The van der Waals surface area contributed by atoms with Crippen molar-refractivity contribution in [3.63, 3.8) is 0 Å². The molecule has 0 saturated heterocycles. The SMILES string of the molecule is Cc1cccc(C(=O)CC2CCCC(F)(F)C2)c1Br. The van der Waals surface area contributed by atoms with Crippen LogP contribution in [0.5, 0.6) is 0 Å². The van der Waals surface area contributed by atoms with Gasteiger partial charge in [0.05, 0.1) is 0 Å². The molecule has 1 aromatic rings. The average Bonchev–Trinajstić information content (AvgIpc) is 2.31. The van der Waals surface area contributed by atoms with Crippen LogP contribution in [0.4, 0.5) is 8.78 Å². The van der Waals surface area contributed by atoms with Gasteiger partial charge in [-0.25, -0.2) is 8.78 Å². The zero-order chi connectivity index (χ0) is 14.0. The van der Waals surface area contributed by atoms with Crippen LogP contribution in [0.3, 0.4) is 0 Å². The number of rotatable bonds is 3. The van der Waals surface area contributed by atoms with Crippen molar-refractivity contribution in [2.45, 2.75) is 45.0 Å². The van der Waals surface area contributed by atoms with Crippen LogP contribution in [-0.4, -0.2) is 11.7 Å². The number of aryl methyl sites for hydroxylation is 1. The van der Waals surface area contributed by atoms with E-state index in [0.717, 1.165) is 16.5 Å². The second-order valence-corrected chi connectivity index (χ2v) is 6.18. The molecule has 1 atom stereocenters. The molecule has 0 spiro atoms. The van der Waals surface area contributed by atoms with E-state index >= 15 is 0 Å². The summed E-state index contributed by atoms with van der Waals surface area (Å²) in [5, 5.41) is 0. The molecule has 0 aromatic heterocycles. The number of ketones is 1. The van der Waals surface area contributed by atoms with E-state index in [9.17, 15) is 13.6 Å². The molecule has 2 rings (SSSR count). The van der Waals surface area contributed by atoms with Gasteiger partial charge in [-0.15, -0.1) is 0 Å². The minimum atomic E-state index is -2.59. The molecule has 0 radical (unpaired) electrons. The summed E-state index contributed by atoms with van der Waals surface area (Å²) in [5.41, 5.74) is 1.59. The number of alkyl halides is 2. The third-order valence-electron chi connectivity index (χ3n) is 3.71. The van der Waals surface area contributed by atoms with Crippen LogP contribution < -0.4 is 0 Å². The Balaban J connectivity index is 2.07. The Hall–Kier alpha value is -0.770. The van der Waals surface area contributed by atoms with Crippen LogP contribution in [0.15, 0.2) is 22.7 Å². The highest BCUT2D eigenvalue weighted by Crippen LogP contribution is 2.38. The summed E-state index contributed by atoms with van der Waals surface area (Å²) < 4.78 is 27.4. The van der Waals surface area contributed by atoms with E-state index in [0.29, 0.717) is 12.0 Å². The third-order valence-corrected chi connectivity index (χ3v) is 4.76. The molecule has 0 N–H and O–H groups in total. The molecule has 104 valence electrons. The molecule has 1 fully saturated rings. The molecule has 0 heterocycles. The predicted molar refractivity (Wildman–Crippen MR) is 74.7 cm³/mol. The number of hydrogen-bond donors (Lipinski definition) is 0. The highest BCUT2D eigenvalue weighted by molar-refractivity contribution is 9.10. The van der Waals surface area contributed by atoms with Gasteiger partial charge in [0.2, 0.25) is 5.92 Å². The average molecular weight is 331 g/mol. The van der Waals surface area contributed by atoms with E-state index in [1.807, 2.05) is 19.1 Å². The van der Waals surface area contributed by atoms with Crippen LogP contribution >= 0.6 is 15.9 Å². The molecule has 0 bridgehead atoms. The van der Waals surface area contributed by atoms with Gasteiger partial charge in [0, 0.05) is 29.3 Å². The highest BCUT2D eigenvalue weighted by atomic mass is 79.9. The van der Waals surface area contributed by atoms with E-state index in [1.54, 1.807) is 6.07 Å². The van der Waals surface area contributed by atoms with Gasteiger partial charge in [-0.2, -0.15) is 0 Å². The lowest BCUT2D eigenvalue weighted by Gasteiger charge is -2.28. The minimum absolute atomic E-state index is 0.0359. The minimum Gasteiger partial charge on any atom is -0.294 e. The zero-order valence-electron chi connectivity index (χ0n) is 10.9. The Morgan fingerprint density at radius 2 is 2.21 bits per heavy atom. The van der Waals surface area contributed by atoms with E-state index in [1.165, 1.54) is 0 Å². The number of Topliss-reactive ketones (excluding diaryl/α,β-unsaturated/α-hetero) is 1.